The van der Waals surface area contributed by atoms with E-state index in [1.165, 1.54) is 18.2 Å². The number of carbonyl (C=O) groups is 1. The number of thiophene rings is 1. The minimum absolute atomic E-state index is 0.189. The molecule has 0 N–H and O–H groups in total. The van der Waals surface area contributed by atoms with Crippen LogP contribution in [0.15, 0.2) is 66.2 Å². The maximum absolute atomic E-state index is 13.2. The maximum Gasteiger partial charge on any atom is 0.266 e. The van der Waals surface area contributed by atoms with Gasteiger partial charge >= 0.3 is 0 Å². The van der Waals surface area contributed by atoms with E-state index in [4.69, 9.17) is 4.74 Å². The van der Waals surface area contributed by atoms with Crippen LogP contribution in [0.1, 0.15) is 4.88 Å². The molecule has 0 aliphatic heterocycles. The van der Waals surface area contributed by atoms with Gasteiger partial charge in [-0.25, -0.2) is 9.37 Å². The van der Waals surface area contributed by atoms with Gasteiger partial charge in [-0.3, -0.25) is 9.69 Å². The molecule has 1 aromatic carbocycles. The Bertz CT molecular complexity index is 794. The molecule has 3 rings (SSSR count). The largest absolute Gasteiger partial charge is 0.484 e. The van der Waals surface area contributed by atoms with E-state index in [0.29, 0.717) is 18.1 Å². The monoisotopic (exact) mass is 342 g/mol. The molecule has 0 spiro atoms. The van der Waals surface area contributed by atoms with Crippen LogP contribution >= 0.6 is 11.3 Å². The summed E-state index contributed by atoms with van der Waals surface area (Å²) in [6.07, 6.45) is 1.64. The first kappa shape index (κ1) is 16.1. The van der Waals surface area contributed by atoms with Crippen molar-refractivity contribution in [1.29, 1.82) is 0 Å². The highest BCUT2D eigenvalue weighted by atomic mass is 32.1. The van der Waals surface area contributed by atoms with E-state index in [1.54, 1.807) is 40.6 Å². The second kappa shape index (κ2) is 7.70. The lowest BCUT2D eigenvalue weighted by Crippen LogP contribution is -2.34. The van der Waals surface area contributed by atoms with Gasteiger partial charge < -0.3 is 4.74 Å². The van der Waals surface area contributed by atoms with Gasteiger partial charge in [0.25, 0.3) is 5.91 Å². The van der Waals surface area contributed by atoms with Gasteiger partial charge in [0.1, 0.15) is 17.4 Å². The molecule has 0 saturated carbocycles. The molecule has 0 radical (unpaired) electrons. The Morgan fingerprint density at radius 3 is 2.79 bits per heavy atom. The van der Waals surface area contributed by atoms with Gasteiger partial charge in [0.05, 0.1) is 6.54 Å². The lowest BCUT2D eigenvalue weighted by atomic mass is 10.3. The molecule has 122 valence electrons. The summed E-state index contributed by atoms with van der Waals surface area (Å²) in [5, 5.41) is 1.96. The Labute approximate surface area is 143 Å². The number of aromatic nitrogens is 1. The standard InChI is InChI=1S/C18H15FN2O2S/c19-14-5-3-6-15(11-14)23-13-18(22)21(12-16-7-4-10-24-16)17-8-1-2-9-20-17/h1-11H,12-13H2. The normalized spacial score (nSPS) is 10.4. The van der Waals surface area contributed by atoms with Crippen molar-refractivity contribution in [2.75, 3.05) is 11.5 Å². The number of hydrogen-bond donors (Lipinski definition) is 0. The number of ether oxygens (including phenoxy) is 1. The molecule has 0 aliphatic carbocycles. The minimum Gasteiger partial charge on any atom is -0.484 e. The van der Waals surface area contributed by atoms with Gasteiger partial charge in [0.15, 0.2) is 6.61 Å². The molecule has 2 aromatic heterocycles. The third-order valence-corrected chi connectivity index (χ3v) is 4.14. The zero-order valence-corrected chi connectivity index (χ0v) is 13.6. The second-order valence-electron chi connectivity index (χ2n) is 4.99. The molecule has 0 saturated heterocycles. The summed E-state index contributed by atoms with van der Waals surface area (Å²) in [5.74, 6) is 0.227. The lowest BCUT2D eigenvalue weighted by Gasteiger charge is -2.21. The number of benzene rings is 1. The summed E-state index contributed by atoms with van der Waals surface area (Å²) in [7, 11) is 0. The number of pyridine rings is 1. The number of hydrogen-bond acceptors (Lipinski definition) is 4. The Morgan fingerprint density at radius 1 is 1.17 bits per heavy atom. The molecular formula is C18H15FN2O2S. The Hall–Kier alpha value is -2.73. The van der Waals surface area contributed by atoms with E-state index < -0.39 is 5.82 Å². The van der Waals surface area contributed by atoms with Crippen molar-refractivity contribution in [3.63, 3.8) is 0 Å². The molecule has 0 fully saturated rings. The summed E-state index contributed by atoms with van der Waals surface area (Å²) in [5.41, 5.74) is 0. The summed E-state index contributed by atoms with van der Waals surface area (Å²) < 4.78 is 18.6. The Morgan fingerprint density at radius 2 is 2.08 bits per heavy atom. The fraction of sp³-hybridized carbons (Fsp3) is 0.111. The molecule has 0 unspecified atom stereocenters. The molecule has 1 amide bonds. The van der Waals surface area contributed by atoms with Crippen LogP contribution in [0.25, 0.3) is 0 Å². The topological polar surface area (TPSA) is 42.4 Å². The molecule has 2 heterocycles. The van der Waals surface area contributed by atoms with E-state index in [9.17, 15) is 9.18 Å². The number of halogens is 1. The Kier molecular flexibility index (Phi) is 5.18. The second-order valence-corrected chi connectivity index (χ2v) is 6.03. The highest BCUT2D eigenvalue weighted by Gasteiger charge is 2.18. The van der Waals surface area contributed by atoms with Crippen LogP contribution in [-0.4, -0.2) is 17.5 Å². The molecule has 0 atom stereocenters. The first-order valence-corrected chi connectivity index (χ1v) is 8.22. The maximum atomic E-state index is 13.2. The number of amides is 1. The van der Waals surface area contributed by atoms with Crippen molar-refractivity contribution in [3.05, 3.63) is 76.9 Å². The summed E-state index contributed by atoms with van der Waals surface area (Å²) >= 11 is 1.57. The van der Waals surface area contributed by atoms with E-state index >= 15 is 0 Å². The number of nitrogens with zero attached hydrogens (tertiary/aromatic N) is 2. The van der Waals surface area contributed by atoms with Gasteiger partial charge in [-0.15, -0.1) is 11.3 Å². The van der Waals surface area contributed by atoms with Crippen LogP contribution in [0, 0.1) is 5.82 Å². The third kappa shape index (κ3) is 4.17. The van der Waals surface area contributed by atoms with Crippen molar-refractivity contribution < 1.29 is 13.9 Å². The first-order chi connectivity index (χ1) is 11.7. The fourth-order valence-electron chi connectivity index (χ4n) is 2.15. The van der Waals surface area contributed by atoms with Gasteiger partial charge in [-0.05, 0) is 35.7 Å². The van der Waals surface area contributed by atoms with E-state index in [2.05, 4.69) is 4.98 Å². The first-order valence-electron chi connectivity index (χ1n) is 7.34. The van der Waals surface area contributed by atoms with Crippen molar-refractivity contribution in [1.82, 2.24) is 4.98 Å². The van der Waals surface area contributed by atoms with E-state index in [1.807, 2.05) is 23.6 Å². The average molecular weight is 342 g/mol. The SMILES string of the molecule is O=C(COc1cccc(F)c1)N(Cc1cccs1)c1ccccn1. The molecule has 3 aromatic rings. The Balaban J connectivity index is 1.73. The van der Waals surface area contributed by atoms with E-state index in [-0.39, 0.29) is 12.5 Å². The summed E-state index contributed by atoms with van der Waals surface area (Å²) in [6, 6.07) is 15.0. The van der Waals surface area contributed by atoms with Gasteiger partial charge in [-0.2, -0.15) is 0 Å². The molecule has 4 nitrogen and oxygen atoms in total. The van der Waals surface area contributed by atoms with Crippen LogP contribution < -0.4 is 9.64 Å². The highest BCUT2D eigenvalue weighted by Crippen LogP contribution is 2.18. The van der Waals surface area contributed by atoms with Crippen LogP contribution in [0.4, 0.5) is 10.2 Å². The van der Waals surface area contributed by atoms with Crippen molar-refractivity contribution in [2.24, 2.45) is 0 Å². The molecule has 0 aliphatic rings. The van der Waals surface area contributed by atoms with E-state index in [0.717, 1.165) is 4.88 Å². The van der Waals surface area contributed by atoms with Gasteiger partial charge in [-0.1, -0.05) is 18.2 Å². The van der Waals surface area contributed by atoms with Crippen LogP contribution in [0.3, 0.4) is 0 Å². The predicted molar refractivity (Wildman–Crippen MR) is 91.6 cm³/mol. The average Bonchev–Trinajstić information content (AvgIpc) is 3.12. The van der Waals surface area contributed by atoms with Crippen LogP contribution in [0.2, 0.25) is 0 Å². The molecule has 6 heteroatoms. The lowest BCUT2D eigenvalue weighted by molar-refractivity contribution is -0.120. The smallest absolute Gasteiger partial charge is 0.266 e. The highest BCUT2D eigenvalue weighted by molar-refractivity contribution is 7.09. The zero-order valence-electron chi connectivity index (χ0n) is 12.8. The van der Waals surface area contributed by atoms with Crippen molar-refractivity contribution >= 4 is 23.1 Å². The van der Waals surface area contributed by atoms with Crippen LogP contribution in [0.5, 0.6) is 5.75 Å². The van der Waals surface area contributed by atoms with Gasteiger partial charge in [0, 0.05) is 17.1 Å². The fourth-order valence-corrected chi connectivity index (χ4v) is 2.84. The third-order valence-electron chi connectivity index (χ3n) is 3.28. The summed E-state index contributed by atoms with van der Waals surface area (Å²) in [6.45, 7) is 0.228. The molecule has 0 bridgehead atoms. The van der Waals surface area contributed by atoms with Gasteiger partial charge in [0.2, 0.25) is 0 Å². The minimum atomic E-state index is -0.403. The number of carbonyl (C=O) groups excluding carboxylic acids is 1. The van der Waals surface area contributed by atoms with Crippen molar-refractivity contribution in [3.8, 4) is 5.75 Å². The number of anilines is 1. The number of rotatable bonds is 6. The van der Waals surface area contributed by atoms with Crippen molar-refractivity contribution in [2.45, 2.75) is 6.54 Å². The van der Waals surface area contributed by atoms with Crippen LogP contribution in [-0.2, 0) is 11.3 Å². The zero-order chi connectivity index (χ0) is 16.8. The quantitative estimate of drug-likeness (QED) is 0.682. The predicted octanol–water partition coefficient (Wildman–Crippen LogP) is 3.89. The molecular weight excluding hydrogens is 327 g/mol. The molecule has 24 heavy (non-hydrogen) atoms. The summed E-state index contributed by atoms with van der Waals surface area (Å²) in [4.78, 5) is 19.4.